The summed E-state index contributed by atoms with van der Waals surface area (Å²) in [6, 6.07) is 1.46. The van der Waals surface area contributed by atoms with Crippen molar-refractivity contribution in [1.29, 1.82) is 5.26 Å². The summed E-state index contributed by atoms with van der Waals surface area (Å²) in [6.07, 6.45) is -4.37. The second-order valence-corrected chi connectivity index (χ2v) is 2.36. The third kappa shape index (κ3) is 2.46. The quantitative estimate of drug-likeness (QED) is 0.730. The SMILES string of the molecule is N#Cc1cnc(OC(F)(F)F)c(F)c1N. The maximum Gasteiger partial charge on any atom is 0.574 e. The standard InChI is InChI=1S/C7H3F4N3O/c8-4-5(13)3(1-12)2-14-6(4)15-7(9,10)11/h2H,(H2,13,14). The molecule has 0 saturated heterocycles. The summed E-state index contributed by atoms with van der Waals surface area (Å²) >= 11 is 0. The first kappa shape index (κ1) is 11.0. The van der Waals surface area contributed by atoms with Crippen LogP contribution in [0.25, 0.3) is 0 Å². The Kier molecular flexibility index (Phi) is 2.65. The van der Waals surface area contributed by atoms with Crippen LogP contribution in [0.2, 0.25) is 0 Å². The fourth-order valence-corrected chi connectivity index (χ4v) is 0.753. The zero-order valence-electron chi connectivity index (χ0n) is 6.97. The van der Waals surface area contributed by atoms with Gasteiger partial charge in [-0.2, -0.15) is 9.65 Å². The Hall–Kier alpha value is -2.04. The highest BCUT2D eigenvalue weighted by Gasteiger charge is 2.33. The average Bonchev–Trinajstić information content (AvgIpc) is 2.11. The van der Waals surface area contributed by atoms with Crippen molar-refractivity contribution in [1.82, 2.24) is 4.98 Å². The fraction of sp³-hybridized carbons (Fsp3) is 0.143. The second-order valence-electron chi connectivity index (χ2n) is 2.36. The van der Waals surface area contributed by atoms with Crippen LogP contribution in [0.15, 0.2) is 6.20 Å². The van der Waals surface area contributed by atoms with Crippen LogP contribution in [0, 0.1) is 17.1 Å². The largest absolute Gasteiger partial charge is 0.574 e. The van der Waals surface area contributed by atoms with Crippen molar-refractivity contribution in [3.05, 3.63) is 17.6 Å². The first-order valence-electron chi connectivity index (χ1n) is 3.45. The third-order valence-corrected chi connectivity index (χ3v) is 1.36. The molecule has 1 rings (SSSR count). The molecule has 8 heteroatoms. The molecule has 0 atom stereocenters. The number of ether oxygens (including phenoxy) is 1. The molecule has 0 aliphatic carbocycles. The van der Waals surface area contributed by atoms with Crippen LogP contribution in [-0.4, -0.2) is 11.3 Å². The monoisotopic (exact) mass is 221 g/mol. The molecule has 15 heavy (non-hydrogen) atoms. The van der Waals surface area contributed by atoms with Gasteiger partial charge < -0.3 is 10.5 Å². The summed E-state index contributed by atoms with van der Waals surface area (Å²) < 4.78 is 51.4. The zero-order chi connectivity index (χ0) is 11.6. The van der Waals surface area contributed by atoms with Crippen LogP contribution in [0.1, 0.15) is 5.56 Å². The maximum atomic E-state index is 13.0. The minimum absolute atomic E-state index is 0.359. The number of aromatic nitrogens is 1. The van der Waals surface area contributed by atoms with E-state index in [9.17, 15) is 17.6 Å². The third-order valence-electron chi connectivity index (χ3n) is 1.36. The van der Waals surface area contributed by atoms with Crippen LogP contribution >= 0.6 is 0 Å². The van der Waals surface area contributed by atoms with Gasteiger partial charge in [0.1, 0.15) is 6.07 Å². The minimum Gasteiger partial charge on any atom is -0.395 e. The number of pyridine rings is 1. The van der Waals surface area contributed by atoms with E-state index in [0.29, 0.717) is 6.20 Å². The Bertz CT molecular complexity index is 423. The number of hydrogen-bond acceptors (Lipinski definition) is 4. The molecule has 1 heterocycles. The van der Waals surface area contributed by atoms with Gasteiger partial charge in [0.15, 0.2) is 0 Å². The predicted octanol–water partition coefficient (Wildman–Crippen LogP) is 1.57. The van der Waals surface area contributed by atoms with Crippen LogP contribution in [0.3, 0.4) is 0 Å². The van der Waals surface area contributed by atoms with Gasteiger partial charge in [-0.1, -0.05) is 0 Å². The Balaban J connectivity index is 3.14. The molecule has 2 N–H and O–H groups in total. The molecule has 0 radical (unpaired) electrons. The van der Waals surface area contributed by atoms with E-state index >= 15 is 0 Å². The number of nitrogen functional groups attached to an aromatic ring is 1. The Morgan fingerprint density at radius 3 is 2.53 bits per heavy atom. The van der Waals surface area contributed by atoms with E-state index in [2.05, 4.69) is 9.72 Å². The van der Waals surface area contributed by atoms with Gasteiger partial charge in [0.05, 0.1) is 17.4 Å². The van der Waals surface area contributed by atoms with Crippen molar-refractivity contribution in [2.24, 2.45) is 0 Å². The molecular weight excluding hydrogens is 218 g/mol. The molecule has 0 saturated carbocycles. The van der Waals surface area contributed by atoms with Crippen molar-refractivity contribution in [2.75, 3.05) is 5.73 Å². The minimum atomic E-state index is -5.06. The van der Waals surface area contributed by atoms with Gasteiger partial charge in [-0.15, -0.1) is 13.2 Å². The number of nitrogens with zero attached hydrogens (tertiary/aromatic N) is 2. The fourth-order valence-electron chi connectivity index (χ4n) is 0.753. The Labute approximate surface area is 80.9 Å². The molecule has 0 aliphatic rings. The number of alkyl halides is 3. The topological polar surface area (TPSA) is 71.9 Å². The molecule has 0 fully saturated rings. The van der Waals surface area contributed by atoms with Crippen molar-refractivity contribution in [3.63, 3.8) is 0 Å². The summed E-state index contributed by atoms with van der Waals surface area (Å²) in [7, 11) is 0. The van der Waals surface area contributed by atoms with Crippen molar-refractivity contribution in [2.45, 2.75) is 6.36 Å². The van der Waals surface area contributed by atoms with Gasteiger partial charge in [-0.25, -0.2) is 4.98 Å². The number of rotatable bonds is 1. The van der Waals surface area contributed by atoms with Gasteiger partial charge in [0.2, 0.25) is 5.82 Å². The zero-order valence-corrected chi connectivity index (χ0v) is 6.97. The van der Waals surface area contributed by atoms with E-state index in [1.165, 1.54) is 6.07 Å². The first-order valence-corrected chi connectivity index (χ1v) is 3.45. The first-order chi connectivity index (χ1) is 6.85. The van der Waals surface area contributed by atoms with Gasteiger partial charge in [0.25, 0.3) is 5.88 Å². The smallest absolute Gasteiger partial charge is 0.395 e. The summed E-state index contributed by atoms with van der Waals surface area (Å²) in [5.41, 5.74) is 3.94. The van der Waals surface area contributed by atoms with E-state index in [4.69, 9.17) is 11.0 Å². The average molecular weight is 221 g/mol. The molecular formula is C7H3F4N3O. The second kappa shape index (κ2) is 3.61. The molecule has 0 aliphatic heterocycles. The highest BCUT2D eigenvalue weighted by Crippen LogP contribution is 2.27. The molecule has 1 aromatic heterocycles. The van der Waals surface area contributed by atoms with Crippen LogP contribution in [0.5, 0.6) is 5.88 Å². The lowest BCUT2D eigenvalue weighted by atomic mass is 10.2. The number of nitrogens with two attached hydrogens (primary N) is 1. The van der Waals surface area contributed by atoms with E-state index in [-0.39, 0.29) is 5.56 Å². The van der Waals surface area contributed by atoms with Crippen molar-refractivity contribution < 1.29 is 22.3 Å². The van der Waals surface area contributed by atoms with Crippen LogP contribution < -0.4 is 10.5 Å². The van der Waals surface area contributed by atoms with E-state index in [1.807, 2.05) is 0 Å². The summed E-state index contributed by atoms with van der Waals surface area (Å²) in [5, 5.41) is 8.37. The van der Waals surface area contributed by atoms with Gasteiger partial charge in [0, 0.05) is 0 Å². The number of anilines is 1. The molecule has 0 aromatic carbocycles. The lowest BCUT2D eigenvalue weighted by molar-refractivity contribution is -0.277. The molecule has 0 unspecified atom stereocenters. The van der Waals surface area contributed by atoms with Crippen LogP contribution in [0.4, 0.5) is 23.2 Å². The Morgan fingerprint density at radius 1 is 1.47 bits per heavy atom. The van der Waals surface area contributed by atoms with Crippen molar-refractivity contribution >= 4 is 5.69 Å². The normalized spacial score (nSPS) is 10.9. The summed E-state index contributed by atoms with van der Waals surface area (Å²) in [6.45, 7) is 0. The number of halogens is 4. The van der Waals surface area contributed by atoms with E-state index < -0.39 is 23.7 Å². The highest BCUT2D eigenvalue weighted by atomic mass is 19.4. The van der Waals surface area contributed by atoms with E-state index in [0.717, 1.165) is 0 Å². The number of hydrogen-bond donors (Lipinski definition) is 1. The Morgan fingerprint density at radius 2 is 2.07 bits per heavy atom. The molecule has 0 spiro atoms. The summed E-state index contributed by atoms with van der Waals surface area (Å²) in [4.78, 5) is 2.98. The maximum absolute atomic E-state index is 13.0. The van der Waals surface area contributed by atoms with Gasteiger partial charge >= 0.3 is 6.36 Å². The molecule has 4 nitrogen and oxygen atoms in total. The lowest BCUT2D eigenvalue weighted by Crippen LogP contribution is -2.19. The lowest BCUT2D eigenvalue weighted by Gasteiger charge is -2.09. The highest BCUT2D eigenvalue weighted by molar-refractivity contribution is 5.55. The van der Waals surface area contributed by atoms with Crippen molar-refractivity contribution in [3.8, 4) is 11.9 Å². The van der Waals surface area contributed by atoms with Crippen LogP contribution in [-0.2, 0) is 0 Å². The number of nitriles is 1. The molecule has 1 aromatic rings. The predicted molar refractivity (Wildman–Crippen MR) is 40.0 cm³/mol. The van der Waals surface area contributed by atoms with Gasteiger partial charge in [-0.3, -0.25) is 0 Å². The molecule has 0 bridgehead atoms. The summed E-state index contributed by atoms with van der Waals surface area (Å²) in [5.74, 6) is -2.81. The van der Waals surface area contributed by atoms with E-state index in [1.54, 1.807) is 0 Å². The molecule has 80 valence electrons. The molecule has 0 amide bonds. The van der Waals surface area contributed by atoms with Gasteiger partial charge in [-0.05, 0) is 0 Å².